The molecule has 5 unspecified atom stereocenters. The fourth-order valence-corrected chi connectivity index (χ4v) is 16.8. The highest BCUT2D eigenvalue weighted by Crippen LogP contribution is 2.38. The van der Waals surface area contributed by atoms with Gasteiger partial charge in [0.1, 0.15) is 0 Å². The lowest BCUT2D eigenvalue weighted by Gasteiger charge is -2.32. The number of aliphatic hydroxyl groups excluding tert-OH is 1. The van der Waals surface area contributed by atoms with Gasteiger partial charge in [-0.3, -0.25) is 10.1 Å². The summed E-state index contributed by atoms with van der Waals surface area (Å²) in [7, 11) is 0. The molecule has 0 bridgehead atoms. The van der Waals surface area contributed by atoms with E-state index in [1.165, 1.54) is 45.4 Å². The lowest BCUT2D eigenvalue weighted by Crippen LogP contribution is -2.28. The molecule has 0 fully saturated rings. The van der Waals surface area contributed by atoms with Crippen LogP contribution in [0.3, 0.4) is 0 Å². The van der Waals surface area contributed by atoms with Gasteiger partial charge in [-0.15, -0.1) is 0 Å². The zero-order valence-corrected chi connectivity index (χ0v) is 71.2. The van der Waals surface area contributed by atoms with Crippen LogP contribution in [0.15, 0.2) is 189 Å². The lowest BCUT2D eigenvalue weighted by molar-refractivity contribution is -0.605. The van der Waals surface area contributed by atoms with Gasteiger partial charge in [-0.2, -0.15) is 18.9 Å². The van der Waals surface area contributed by atoms with Crippen molar-refractivity contribution in [2.24, 2.45) is 29.6 Å². The van der Waals surface area contributed by atoms with Crippen LogP contribution in [0, 0.1) is 60.5 Å². The molecule has 4 aromatic heterocycles. The molecule has 9 aromatic rings. The second kappa shape index (κ2) is 46.9. The molecule has 0 spiro atoms. The maximum atomic E-state index is 13.0. The molecular formula is C99H135N9O7. The van der Waals surface area contributed by atoms with Gasteiger partial charge in [0.05, 0.1) is 11.5 Å². The second-order valence-corrected chi connectivity index (χ2v) is 33.0. The molecule has 0 aliphatic heterocycles. The number of rotatable bonds is 52. The van der Waals surface area contributed by atoms with Crippen LogP contribution in [-0.4, -0.2) is 10.0 Å². The molecule has 4 heterocycles. The summed E-state index contributed by atoms with van der Waals surface area (Å²) >= 11 is 0. The van der Waals surface area contributed by atoms with Crippen molar-refractivity contribution in [1.29, 1.82) is 0 Å². The smallest absolute Gasteiger partial charge is 0.269 e. The third-order valence-electron chi connectivity index (χ3n) is 24.5. The Bertz CT molecular complexity index is 4370. The average Bonchev–Trinajstić information content (AvgIpc) is 0.791. The summed E-state index contributed by atoms with van der Waals surface area (Å²) < 4.78 is 3.36. The predicted molar refractivity (Wildman–Crippen MR) is 471 cm³/mol. The first-order chi connectivity index (χ1) is 55.9. The van der Waals surface area contributed by atoms with E-state index in [4.69, 9.17) is 0 Å². The van der Waals surface area contributed by atoms with Crippen LogP contribution < -0.4 is 38.5 Å². The normalized spacial score (nSPS) is 12.8. The van der Waals surface area contributed by atoms with Crippen molar-refractivity contribution in [3.05, 3.63) is 298 Å². The summed E-state index contributed by atoms with van der Waals surface area (Å²) in [4.78, 5) is 22.2. The molecule has 5 aromatic carbocycles. The fraction of sp³-hybridized carbons (Fsp3) is 0.495. The molecule has 16 heteroatoms. The van der Waals surface area contributed by atoms with E-state index in [1.54, 1.807) is 61.7 Å². The monoisotopic (exact) mass is 1560 g/mol. The van der Waals surface area contributed by atoms with Crippen molar-refractivity contribution < 1.29 is 29.0 Å². The van der Waals surface area contributed by atoms with Crippen molar-refractivity contribution in [2.75, 3.05) is 19.6 Å². The van der Waals surface area contributed by atoms with Crippen LogP contribution in [0.2, 0.25) is 0 Å². The molecule has 0 aliphatic carbocycles. The van der Waals surface area contributed by atoms with Crippen molar-refractivity contribution in [3.63, 3.8) is 0 Å². The van der Waals surface area contributed by atoms with Gasteiger partial charge in [0.2, 0.25) is 0 Å². The highest BCUT2D eigenvalue weighted by molar-refractivity contribution is 5.60. The van der Waals surface area contributed by atoms with E-state index in [1.807, 2.05) is 54.6 Å². The number of anilines is 4. The average molecular weight is 1560 g/mol. The summed E-state index contributed by atoms with van der Waals surface area (Å²) in [6, 6.07) is 48.7. The number of unbranched alkanes of at least 4 members (excludes halogenated alkanes) is 5. The Labute approximate surface area is 689 Å². The van der Waals surface area contributed by atoms with Gasteiger partial charge >= 0.3 is 0 Å². The standard InChI is InChI=1S/C99H135N9O7/c1-11-21-26-76(16-6)57-85-31-36-95(100(67-81-41-49-104(110)50-42-81)72-91-63-97(38-33-86(91)58-77(17-7)27-22-12-2)102(69-83-45-53-106(112)54-46-83)74-93-65-99(108(114)115)40-35-88(93)60-79(19-9)29-24-14-4)62-90(85)71-101(68-82-43-51-105(111)52-44-82)96-37-32-87(59-78(18-8)28-23-13-3)92(64-96)73-103(70-84-47-55-107(113)56-48-84)98-39-34-89(94(66-98)75-109)61-80(20-10)30-25-15-5/h31-56,62-66,76-80,109H,11-30,57-61,67-75H2,1-10H3. The topological polar surface area (TPSA) is 184 Å². The van der Waals surface area contributed by atoms with Crippen molar-refractivity contribution in [2.45, 2.75) is 289 Å². The van der Waals surface area contributed by atoms with Gasteiger partial charge in [0.15, 0.2) is 49.6 Å². The van der Waals surface area contributed by atoms with Gasteiger partial charge in [-0.25, -0.2) is 0 Å². The van der Waals surface area contributed by atoms with E-state index < -0.39 is 0 Å². The number of nitrogens with zero attached hydrogens (tertiary/aromatic N) is 9. The van der Waals surface area contributed by atoms with Crippen molar-refractivity contribution in [1.82, 2.24) is 0 Å². The number of nitro benzene ring substituents is 1. The van der Waals surface area contributed by atoms with E-state index in [9.17, 15) is 36.0 Å². The van der Waals surface area contributed by atoms with E-state index in [0.29, 0.717) is 81.9 Å². The number of aliphatic hydroxyl groups is 1. The minimum atomic E-state index is -0.285. The summed E-state index contributed by atoms with van der Waals surface area (Å²) in [5.41, 5.74) is 19.7. The highest BCUT2D eigenvalue weighted by Gasteiger charge is 2.26. The fourth-order valence-electron chi connectivity index (χ4n) is 16.8. The van der Waals surface area contributed by atoms with Gasteiger partial charge in [0.25, 0.3) is 5.69 Å². The molecule has 0 amide bonds. The minimum absolute atomic E-state index is 0.0639. The molecule has 0 radical (unpaired) electrons. The van der Waals surface area contributed by atoms with Gasteiger partial charge in [-0.1, -0.05) is 228 Å². The Balaban J connectivity index is 1.23. The number of non-ortho nitro benzene ring substituents is 1. The van der Waals surface area contributed by atoms with E-state index in [-0.39, 0.29) is 17.2 Å². The van der Waals surface area contributed by atoms with Gasteiger partial charge in [-0.05, 0) is 188 Å². The van der Waals surface area contributed by atoms with Crippen molar-refractivity contribution in [3.8, 4) is 0 Å². The Morgan fingerprint density at radius 3 is 0.730 bits per heavy atom. The maximum absolute atomic E-state index is 13.0. The van der Waals surface area contributed by atoms with Crippen LogP contribution in [0.4, 0.5) is 28.4 Å². The van der Waals surface area contributed by atoms with E-state index in [0.717, 1.165) is 235 Å². The first-order valence-electron chi connectivity index (χ1n) is 43.9. The first kappa shape index (κ1) is 89.4. The number of nitro groups is 1. The van der Waals surface area contributed by atoms with Crippen LogP contribution in [0.5, 0.6) is 0 Å². The molecule has 618 valence electrons. The second-order valence-electron chi connectivity index (χ2n) is 33.0. The van der Waals surface area contributed by atoms with Crippen LogP contribution in [0.25, 0.3) is 0 Å². The molecule has 0 aliphatic rings. The largest absolute Gasteiger partial charge is 0.619 e. The molecule has 16 nitrogen and oxygen atoms in total. The van der Waals surface area contributed by atoms with E-state index >= 15 is 0 Å². The molecule has 0 saturated heterocycles. The number of hydrogen-bond donors (Lipinski definition) is 1. The molecular weight excluding hydrogens is 1430 g/mol. The molecule has 1 N–H and O–H groups in total. The Hall–Kier alpha value is -9.54. The van der Waals surface area contributed by atoms with Crippen LogP contribution >= 0.6 is 0 Å². The molecule has 5 atom stereocenters. The zero-order chi connectivity index (χ0) is 82.0. The van der Waals surface area contributed by atoms with Gasteiger partial charge < -0.3 is 45.5 Å². The first-order valence-corrected chi connectivity index (χ1v) is 43.9. The molecule has 9 rings (SSSR count). The molecule has 0 saturated carbocycles. The predicted octanol–water partition coefficient (Wildman–Crippen LogP) is 22.2. The Morgan fingerprint density at radius 2 is 0.513 bits per heavy atom. The summed E-state index contributed by atoms with van der Waals surface area (Å²) in [6.45, 7) is 26.7. The van der Waals surface area contributed by atoms with Crippen LogP contribution in [-0.2, 0) is 91.1 Å². The minimum Gasteiger partial charge on any atom is -0.619 e. The van der Waals surface area contributed by atoms with Gasteiger partial charge in [0, 0.05) is 136 Å². The number of benzene rings is 5. The number of hydrogen-bond acceptors (Lipinski definition) is 11. The van der Waals surface area contributed by atoms with Crippen LogP contribution in [0.1, 0.15) is 276 Å². The summed E-state index contributed by atoms with van der Waals surface area (Å²) in [5.74, 6) is 2.32. The Morgan fingerprint density at radius 1 is 0.296 bits per heavy atom. The highest BCUT2D eigenvalue weighted by atomic mass is 16.6. The third-order valence-corrected chi connectivity index (χ3v) is 24.5. The quantitative estimate of drug-likeness (QED) is 0.0166. The number of pyridine rings is 4. The third kappa shape index (κ3) is 27.6. The maximum Gasteiger partial charge on any atom is 0.269 e. The van der Waals surface area contributed by atoms with E-state index in [2.05, 4.69) is 162 Å². The number of aromatic nitrogens is 4. The zero-order valence-electron chi connectivity index (χ0n) is 71.2. The SMILES string of the molecule is CCCCC(CC)Cc1ccc(N(Cc2cc[n+]([O-])cc2)Cc2cc(N(Cc3cc[n+]([O-])cc3)Cc3cc(N(Cc4cc[n+]([O-])cc4)Cc4cc(N(Cc5cc[n+]([O-])cc5)Cc5cc([N+](=O)[O-])ccc5CC(CC)CCCC)ccc4CC(CC)CCCC)ccc3CC(CC)CCCC)ccc2CC(CC)CCCC)cc1CO. The summed E-state index contributed by atoms with van der Waals surface area (Å²) in [5, 5.41) is 75.2. The Kier molecular flexibility index (Phi) is 36.4. The lowest BCUT2D eigenvalue weighted by atomic mass is 9.88. The molecule has 115 heavy (non-hydrogen) atoms. The summed E-state index contributed by atoms with van der Waals surface area (Å²) in [6.07, 6.45) is 39.2. The van der Waals surface area contributed by atoms with Crippen molar-refractivity contribution >= 4 is 28.4 Å².